The number of hydrogen-bond acceptors (Lipinski definition) is 6. The van der Waals surface area contributed by atoms with Gasteiger partial charge < -0.3 is 23.9 Å². The first-order valence-electron chi connectivity index (χ1n) is 7.71. The Kier molecular flexibility index (Phi) is 4.79. The Morgan fingerprint density at radius 1 is 1.04 bits per heavy atom. The third-order valence-corrected chi connectivity index (χ3v) is 3.88. The first-order valence-corrected chi connectivity index (χ1v) is 7.71. The van der Waals surface area contributed by atoms with Crippen LogP contribution in [0.25, 0.3) is 11.0 Å². The van der Waals surface area contributed by atoms with Crippen molar-refractivity contribution >= 4 is 22.6 Å². The lowest BCUT2D eigenvalue weighted by Gasteiger charge is -2.12. The van der Waals surface area contributed by atoms with Crippen LogP contribution >= 0.6 is 0 Å². The number of furan rings is 1. The first kappa shape index (κ1) is 16.7. The molecule has 0 spiro atoms. The summed E-state index contributed by atoms with van der Waals surface area (Å²) in [4.78, 5) is 11.5. The molecular weight excluding hydrogens is 322 g/mol. The minimum atomic E-state index is -0.492. The molecule has 0 unspecified atom stereocenters. The van der Waals surface area contributed by atoms with Crippen molar-refractivity contribution in [1.82, 2.24) is 0 Å². The number of carbonyl (C=O) groups is 1. The van der Waals surface area contributed by atoms with Crippen molar-refractivity contribution in [2.24, 2.45) is 0 Å². The Morgan fingerprint density at radius 2 is 1.88 bits per heavy atom. The monoisotopic (exact) mass is 341 g/mol. The van der Waals surface area contributed by atoms with E-state index in [1.54, 1.807) is 20.3 Å². The summed E-state index contributed by atoms with van der Waals surface area (Å²) < 4.78 is 20.7. The van der Waals surface area contributed by atoms with E-state index in [0.29, 0.717) is 12.1 Å². The second-order valence-corrected chi connectivity index (χ2v) is 5.39. The second-order valence-electron chi connectivity index (χ2n) is 5.39. The van der Waals surface area contributed by atoms with Crippen molar-refractivity contribution in [2.45, 2.75) is 6.54 Å². The lowest BCUT2D eigenvalue weighted by molar-refractivity contribution is 0.0567. The highest BCUT2D eigenvalue weighted by atomic mass is 16.5. The molecule has 0 aliphatic carbocycles. The van der Waals surface area contributed by atoms with Gasteiger partial charge >= 0.3 is 5.97 Å². The van der Waals surface area contributed by atoms with E-state index in [9.17, 15) is 4.79 Å². The Morgan fingerprint density at radius 3 is 2.60 bits per heavy atom. The zero-order valence-electron chi connectivity index (χ0n) is 14.3. The summed E-state index contributed by atoms with van der Waals surface area (Å²) in [5.41, 5.74) is 2.54. The van der Waals surface area contributed by atoms with E-state index in [1.165, 1.54) is 7.11 Å². The van der Waals surface area contributed by atoms with Gasteiger partial charge in [-0.05, 0) is 36.4 Å². The summed E-state index contributed by atoms with van der Waals surface area (Å²) >= 11 is 0. The van der Waals surface area contributed by atoms with Gasteiger partial charge in [0.05, 0.1) is 21.3 Å². The quantitative estimate of drug-likeness (QED) is 0.687. The first-order chi connectivity index (χ1) is 12.1. The predicted octanol–water partition coefficient (Wildman–Crippen LogP) is 3.85. The molecular formula is C19H19NO5. The Bertz CT molecular complexity index is 900. The SMILES string of the molecule is COC(=O)c1cc2cc(NCc3ccc(OC)cc3OC)ccc2o1. The van der Waals surface area contributed by atoms with Crippen LogP contribution in [-0.4, -0.2) is 27.3 Å². The fourth-order valence-corrected chi connectivity index (χ4v) is 2.55. The molecule has 6 heteroatoms. The van der Waals surface area contributed by atoms with Gasteiger partial charge in [-0.2, -0.15) is 0 Å². The van der Waals surface area contributed by atoms with Crippen molar-refractivity contribution in [2.75, 3.05) is 26.6 Å². The minimum Gasteiger partial charge on any atom is -0.497 e. The molecule has 1 heterocycles. The van der Waals surface area contributed by atoms with Gasteiger partial charge in [0.2, 0.25) is 5.76 Å². The molecule has 0 bridgehead atoms. The molecule has 0 saturated heterocycles. The number of ether oxygens (including phenoxy) is 3. The summed E-state index contributed by atoms with van der Waals surface area (Å²) in [7, 11) is 4.57. The molecule has 0 saturated carbocycles. The van der Waals surface area contributed by atoms with Gasteiger partial charge in [-0.1, -0.05) is 0 Å². The van der Waals surface area contributed by atoms with Crippen LogP contribution in [0.4, 0.5) is 5.69 Å². The Balaban J connectivity index is 1.78. The van der Waals surface area contributed by atoms with Gasteiger partial charge in [-0.25, -0.2) is 4.79 Å². The number of methoxy groups -OCH3 is 3. The number of fused-ring (bicyclic) bond motifs is 1. The van der Waals surface area contributed by atoms with Gasteiger partial charge in [0.25, 0.3) is 0 Å². The highest BCUT2D eigenvalue weighted by Gasteiger charge is 2.12. The minimum absolute atomic E-state index is 0.187. The Hall–Kier alpha value is -3.15. The molecule has 0 fully saturated rings. The van der Waals surface area contributed by atoms with Gasteiger partial charge in [-0.3, -0.25) is 0 Å². The summed E-state index contributed by atoms with van der Waals surface area (Å²) in [6.45, 7) is 0.584. The zero-order chi connectivity index (χ0) is 17.8. The molecule has 3 aromatic rings. The number of esters is 1. The molecule has 3 rings (SSSR count). The number of benzene rings is 2. The van der Waals surface area contributed by atoms with Crippen LogP contribution in [-0.2, 0) is 11.3 Å². The molecule has 2 aromatic carbocycles. The number of nitrogens with one attached hydrogen (secondary N) is 1. The third-order valence-electron chi connectivity index (χ3n) is 3.88. The lowest BCUT2D eigenvalue weighted by atomic mass is 10.1. The van der Waals surface area contributed by atoms with Crippen molar-refractivity contribution in [3.05, 3.63) is 53.8 Å². The van der Waals surface area contributed by atoms with E-state index < -0.39 is 5.97 Å². The van der Waals surface area contributed by atoms with Crippen LogP contribution in [0.1, 0.15) is 16.1 Å². The maximum atomic E-state index is 11.5. The van der Waals surface area contributed by atoms with E-state index in [1.807, 2.05) is 36.4 Å². The maximum absolute atomic E-state index is 11.5. The number of rotatable bonds is 6. The number of carbonyl (C=O) groups excluding carboxylic acids is 1. The van der Waals surface area contributed by atoms with E-state index in [-0.39, 0.29) is 5.76 Å². The van der Waals surface area contributed by atoms with Gasteiger partial charge in [0.15, 0.2) is 0 Å². The number of hydrogen-bond donors (Lipinski definition) is 1. The molecule has 0 radical (unpaired) electrons. The fraction of sp³-hybridized carbons (Fsp3) is 0.211. The Labute approximate surface area is 145 Å². The van der Waals surface area contributed by atoms with Gasteiger partial charge in [0.1, 0.15) is 17.1 Å². The largest absolute Gasteiger partial charge is 0.497 e. The molecule has 0 amide bonds. The van der Waals surface area contributed by atoms with Crippen molar-refractivity contribution < 1.29 is 23.4 Å². The van der Waals surface area contributed by atoms with Gasteiger partial charge in [-0.15, -0.1) is 0 Å². The van der Waals surface area contributed by atoms with Crippen LogP contribution in [0.5, 0.6) is 11.5 Å². The highest BCUT2D eigenvalue weighted by Crippen LogP contribution is 2.27. The lowest BCUT2D eigenvalue weighted by Crippen LogP contribution is -2.02. The molecule has 6 nitrogen and oxygen atoms in total. The second kappa shape index (κ2) is 7.17. The zero-order valence-corrected chi connectivity index (χ0v) is 14.3. The van der Waals surface area contributed by atoms with Crippen molar-refractivity contribution in [1.29, 1.82) is 0 Å². The molecule has 25 heavy (non-hydrogen) atoms. The predicted molar refractivity (Wildman–Crippen MR) is 94.4 cm³/mol. The fourth-order valence-electron chi connectivity index (χ4n) is 2.55. The van der Waals surface area contributed by atoms with Crippen LogP contribution in [0, 0.1) is 0 Å². The van der Waals surface area contributed by atoms with Crippen LogP contribution in [0.2, 0.25) is 0 Å². The van der Waals surface area contributed by atoms with Crippen molar-refractivity contribution in [3.63, 3.8) is 0 Å². The van der Waals surface area contributed by atoms with Gasteiger partial charge in [0, 0.05) is 29.2 Å². The molecule has 0 aliphatic rings. The average molecular weight is 341 g/mol. The van der Waals surface area contributed by atoms with Crippen LogP contribution in [0.3, 0.4) is 0 Å². The van der Waals surface area contributed by atoms with Crippen LogP contribution < -0.4 is 14.8 Å². The molecule has 0 aliphatic heterocycles. The van der Waals surface area contributed by atoms with Crippen molar-refractivity contribution in [3.8, 4) is 11.5 Å². The maximum Gasteiger partial charge on any atom is 0.373 e. The van der Waals surface area contributed by atoms with Crippen LogP contribution in [0.15, 0.2) is 46.9 Å². The summed E-state index contributed by atoms with van der Waals surface area (Å²) in [5, 5.41) is 4.17. The summed E-state index contributed by atoms with van der Waals surface area (Å²) in [6, 6.07) is 13.0. The summed E-state index contributed by atoms with van der Waals surface area (Å²) in [5.74, 6) is 1.19. The third kappa shape index (κ3) is 3.52. The highest BCUT2D eigenvalue weighted by molar-refractivity contribution is 5.93. The summed E-state index contributed by atoms with van der Waals surface area (Å²) in [6.07, 6.45) is 0. The average Bonchev–Trinajstić information content (AvgIpc) is 3.08. The topological polar surface area (TPSA) is 69.9 Å². The number of anilines is 1. The standard InChI is InChI=1S/C19H19NO5/c1-22-15-6-4-12(17(10-15)23-2)11-20-14-5-7-16-13(8-14)9-18(25-16)19(21)24-3/h4-10,20H,11H2,1-3H3. The smallest absolute Gasteiger partial charge is 0.373 e. The van der Waals surface area contributed by atoms with E-state index in [4.69, 9.17) is 13.9 Å². The van der Waals surface area contributed by atoms with E-state index >= 15 is 0 Å². The normalized spacial score (nSPS) is 10.5. The van der Waals surface area contributed by atoms with E-state index in [0.717, 1.165) is 28.1 Å². The molecule has 0 atom stereocenters. The molecule has 1 aromatic heterocycles. The molecule has 130 valence electrons. The molecule has 1 N–H and O–H groups in total. The van der Waals surface area contributed by atoms with E-state index in [2.05, 4.69) is 10.1 Å².